The fraction of sp³-hybridized carbons (Fsp3) is 0.323. The van der Waals surface area contributed by atoms with E-state index in [0.717, 1.165) is 29.1 Å². The lowest BCUT2D eigenvalue weighted by Gasteiger charge is -2.18. The monoisotopic (exact) mass is 562 g/mol. The Hall–Kier alpha value is -3.99. The molecular weight excluding hydrogens is 530 g/mol. The number of Topliss-reactive ketones (excluding diaryl/α,β-unsaturated/α-hetero) is 1. The zero-order chi connectivity index (χ0) is 29.1. The molecule has 0 aliphatic carbocycles. The van der Waals surface area contributed by atoms with E-state index >= 15 is 0 Å². The Labute approximate surface area is 236 Å². The number of para-hydroxylation sites is 1. The number of nitrogens with zero attached hydrogens (tertiary/aromatic N) is 4. The Morgan fingerprint density at radius 3 is 2.59 bits per heavy atom. The molecule has 10 heteroatoms. The molecule has 1 saturated heterocycles. The standard InChI is InChI=1S/C31H32F2N4O4/c1-20-28(37(24-7-5-4-6-8-24)34-30(20)21-11-12-35(2)29(39)17-21)18-25(38)15-23-19-36(13-14-40-3)41-31(23)22-9-10-26(32)27(33)16-22/h4-12,16-17,23,31H,13-15,18-19H2,1-3H3/t23-,31+/m1/s1. The van der Waals surface area contributed by atoms with Crippen molar-refractivity contribution in [2.45, 2.75) is 25.9 Å². The van der Waals surface area contributed by atoms with Gasteiger partial charge in [-0.1, -0.05) is 24.3 Å². The number of rotatable bonds is 10. The van der Waals surface area contributed by atoms with Gasteiger partial charge in [-0.15, -0.1) is 0 Å². The average Bonchev–Trinajstić information content (AvgIpc) is 3.51. The number of halogens is 2. The second-order valence-electron chi connectivity index (χ2n) is 10.3. The molecule has 2 atom stereocenters. The van der Waals surface area contributed by atoms with Crippen LogP contribution < -0.4 is 5.56 Å². The summed E-state index contributed by atoms with van der Waals surface area (Å²) in [7, 11) is 3.27. The third-order valence-corrected chi connectivity index (χ3v) is 7.42. The molecule has 0 spiro atoms. The van der Waals surface area contributed by atoms with Crippen LogP contribution in [0.3, 0.4) is 0 Å². The summed E-state index contributed by atoms with van der Waals surface area (Å²) in [4.78, 5) is 32.1. The predicted octanol–water partition coefficient (Wildman–Crippen LogP) is 4.58. The molecule has 1 aliphatic heterocycles. The van der Waals surface area contributed by atoms with Gasteiger partial charge in [-0.05, 0) is 48.4 Å². The predicted molar refractivity (Wildman–Crippen MR) is 149 cm³/mol. The van der Waals surface area contributed by atoms with E-state index < -0.39 is 17.7 Å². The van der Waals surface area contributed by atoms with Gasteiger partial charge in [0.15, 0.2) is 11.6 Å². The van der Waals surface area contributed by atoms with E-state index in [1.807, 2.05) is 43.3 Å². The van der Waals surface area contributed by atoms with Crippen LogP contribution in [0.2, 0.25) is 0 Å². The average molecular weight is 563 g/mol. The summed E-state index contributed by atoms with van der Waals surface area (Å²) in [5.74, 6) is -2.23. The van der Waals surface area contributed by atoms with Crippen LogP contribution in [0.15, 0.2) is 71.7 Å². The van der Waals surface area contributed by atoms with Crippen molar-refractivity contribution in [3.8, 4) is 16.9 Å². The van der Waals surface area contributed by atoms with Crippen LogP contribution in [0, 0.1) is 24.5 Å². The van der Waals surface area contributed by atoms with Crippen molar-refractivity contribution in [2.75, 3.05) is 26.8 Å². The fourth-order valence-corrected chi connectivity index (χ4v) is 5.22. The molecule has 0 amide bonds. The van der Waals surface area contributed by atoms with Crippen LogP contribution >= 0.6 is 0 Å². The van der Waals surface area contributed by atoms with Crippen LogP contribution in [0.25, 0.3) is 16.9 Å². The van der Waals surface area contributed by atoms with Crippen LogP contribution in [0.5, 0.6) is 0 Å². The molecule has 8 nitrogen and oxygen atoms in total. The van der Waals surface area contributed by atoms with Crippen LogP contribution in [-0.4, -0.2) is 52.0 Å². The van der Waals surface area contributed by atoms with Crippen molar-refractivity contribution >= 4 is 5.78 Å². The first-order valence-electron chi connectivity index (χ1n) is 13.4. The summed E-state index contributed by atoms with van der Waals surface area (Å²) < 4.78 is 36.1. The van der Waals surface area contributed by atoms with E-state index in [-0.39, 0.29) is 30.1 Å². The first-order chi connectivity index (χ1) is 19.7. The number of ether oxygens (including phenoxy) is 1. The van der Waals surface area contributed by atoms with Gasteiger partial charge < -0.3 is 9.30 Å². The van der Waals surface area contributed by atoms with Crippen LogP contribution in [-0.2, 0) is 27.8 Å². The van der Waals surface area contributed by atoms with Crippen molar-refractivity contribution in [3.05, 3.63) is 106 Å². The zero-order valence-corrected chi connectivity index (χ0v) is 23.2. The normalized spacial score (nSPS) is 17.3. The molecule has 2 aromatic carbocycles. The largest absolute Gasteiger partial charge is 0.383 e. The van der Waals surface area contributed by atoms with Crippen molar-refractivity contribution in [1.82, 2.24) is 19.4 Å². The lowest BCUT2D eigenvalue weighted by Crippen LogP contribution is -2.24. The highest BCUT2D eigenvalue weighted by Gasteiger charge is 2.37. The summed E-state index contributed by atoms with van der Waals surface area (Å²) in [6.07, 6.45) is 1.34. The molecule has 2 aromatic heterocycles. The number of aromatic nitrogens is 3. The van der Waals surface area contributed by atoms with Crippen LogP contribution in [0.1, 0.15) is 29.3 Å². The quantitative estimate of drug-likeness (QED) is 0.282. The van der Waals surface area contributed by atoms with E-state index in [4.69, 9.17) is 14.7 Å². The van der Waals surface area contributed by atoms with Crippen molar-refractivity contribution in [2.24, 2.45) is 13.0 Å². The molecule has 41 heavy (non-hydrogen) atoms. The Balaban J connectivity index is 1.44. The number of benzene rings is 2. The summed E-state index contributed by atoms with van der Waals surface area (Å²) >= 11 is 0. The van der Waals surface area contributed by atoms with E-state index in [2.05, 4.69) is 0 Å². The highest BCUT2D eigenvalue weighted by Crippen LogP contribution is 2.37. The van der Waals surface area contributed by atoms with E-state index in [0.29, 0.717) is 36.5 Å². The summed E-state index contributed by atoms with van der Waals surface area (Å²) in [6.45, 7) is 3.23. The summed E-state index contributed by atoms with van der Waals surface area (Å²) in [5.41, 5.74) is 3.93. The third kappa shape index (κ3) is 6.19. The molecule has 0 bridgehead atoms. The topological polar surface area (TPSA) is 78.6 Å². The number of pyridine rings is 1. The maximum absolute atomic E-state index is 14.1. The third-order valence-electron chi connectivity index (χ3n) is 7.42. The van der Waals surface area contributed by atoms with Gasteiger partial charge in [0.05, 0.1) is 23.7 Å². The maximum Gasteiger partial charge on any atom is 0.250 e. The number of carbonyl (C=O) groups excluding carboxylic acids is 1. The van der Waals surface area contributed by atoms with Crippen molar-refractivity contribution in [1.29, 1.82) is 0 Å². The molecule has 1 aliphatic rings. The Kier molecular flexibility index (Phi) is 8.53. The smallest absolute Gasteiger partial charge is 0.250 e. The maximum atomic E-state index is 14.1. The van der Waals surface area contributed by atoms with Crippen molar-refractivity contribution in [3.63, 3.8) is 0 Å². The molecule has 5 rings (SSSR count). The lowest BCUT2D eigenvalue weighted by atomic mass is 9.90. The highest BCUT2D eigenvalue weighted by molar-refractivity contribution is 5.82. The van der Waals surface area contributed by atoms with E-state index in [1.54, 1.807) is 30.1 Å². The summed E-state index contributed by atoms with van der Waals surface area (Å²) in [5, 5.41) is 6.53. The molecule has 4 aromatic rings. The van der Waals surface area contributed by atoms with Gasteiger partial charge in [0.1, 0.15) is 11.9 Å². The first kappa shape index (κ1) is 28.5. The van der Waals surface area contributed by atoms with Gasteiger partial charge in [-0.2, -0.15) is 10.2 Å². The minimum atomic E-state index is -0.961. The number of aryl methyl sites for hydroxylation is 1. The number of carbonyl (C=O) groups is 1. The van der Waals surface area contributed by atoms with Gasteiger partial charge in [0.2, 0.25) is 0 Å². The second-order valence-corrected chi connectivity index (χ2v) is 10.3. The number of hydrogen-bond acceptors (Lipinski definition) is 6. The van der Waals surface area contributed by atoms with E-state index in [1.165, 1.54) is 16.7 Å². The molecule has 0 saturated carbocycles. The van der Waals surface area contributed by atoms with Gasteiger partial charge in [0.25, 0.3) is 5.56 Å². The number of ketones is 1. The molecule has 3 heterocycles. The molecule has 1 fully saturated rings. The van der Waals surface area contributed by atoms with Gasteiger partial charge >= 0.3 is 0 Å². The molecule has 0 radical (unpaired) electrons. The summed E-state index contributed by atoms with van der Waals surface area (Å²) in [6, 6.07) is 16.6. The van der Waals surface area contributed by atoms with Gasteiger partial charge in [-0.25, -0.2) is 13.5 Å². The number of methoxy groups -OCH3 is 1. The van der Waals surface area contributed by atoms with Crippen molar-refractivity contribution < 1.29 is 23.1 Å². The first-order valence-corrected chi connectivity index (χ1v) is 13.4. The Morgan fingerprint density at radius 2 is 1.88 bits per heavy atom. The minimum Gasteiger partial charge on any atom is -0.383 e. The Morgan fingerprint density at radius 1 is 1.10 bits per heavy atom. The second kappa shape index (κ2) is 12.3. The lowest BCUT2D eigenvalue weighted by molar-refractivity contribution is -0.155. The van der Waals surface area contributed by atoms with Crippen LogP contribution in [0.4, 0.5) is 8.78 Å². The molecule has 0 N–H and O–H groups in total. The number of hydroxylamine groups is 2. The minimum absolute atomic E-state index is 0.0459. The SMILES string of the molecule is COCCN1C[C@@H](CC(=O)Cc2c(C)c(-c3ccn(C)c(=O)c3)nn2-c2ccccc2)[C@H](c2ccc(F)c(F)c2)O1. The fourth-order valence-electron chi connectivity index (χ4n) is 5.22. The molecule has 214 valence electrons. The molecular formula is C31H32F2N4O4. The number of hydrogen-bond donors (Lipinski definition) is 0. The Bertz CT molecular complexity index is 1600. The van der Waals surface area contributed by atoms with Gasteiger partial charge in [-0.3, -0.25) is 14.4 Å². The highest BCUT2D eigenvalue weighted by atomic mass is 19.2. The zero-order valence-electron chi connectivity index (χ0n) is 23.2. The van der Waals surface area contributed by atoms with Gasteiger partial charge in [0, 0.05) is 63.8 Å². The molecule has 0 unspecified atom stereocenters. The van der Waals surface area contributed by atoms with E-state index in [9.17, 15) is 18.4 Å².